The van der Waals surface area contributed by atoms with E-state index in [1.807, 2.05) is 24.0 Å². The highest BCUT2D eigenvalue weighted by molar-refractivity contribution is 6.33. The van der Waals surface area contributed by atoms with Crippen LogP contribution in [-0.2, 0) is 28.7 Å². The second-order valence-corrected chi connectivity index (χ2v) is 12.7. The van der Waals surface area contributed by atoms with Crippen molar-refractivity contribution in [3.05, 3.63) is 92.9 Å². The zero-order valence-corrected chi connectivity index (χ0v) is 28.5. The van der Waals surface area contributed by atoms with Gasteiger partial charge in [-0.2, -0.15) is 22.7 Å². The Labute approximate surface area is 298 Å². The molecule has 0 unspecified atom stereocenters. The van der Waals surface area contributed by atoms with E-state index in [-0.39, 0.29) is 66.3 Å². The Bertz CT molecular complexity index is 2310. The Kier molecular flexibility index (Phi) is 9.35. The molecule has 0 radical (unpaired) electrons. The number of nitrogens with zero attached hydrogens (tertiary/aromatic N) is 7. The molecule has 270 valence electrons. The summed E-state index contributed by atoms with van der Waals surface area (Å²) in [5.74, 6) is -0.868. The summed E-state index contributed by atoms with van der Waals surface area (Å²) in [7, 11) is 0. The van der Waals surface area contributed by atoms with Crippen LogP contribution in [0.4, 0.5) is 24.5 Å². The Morgan fingerprint density at radius 3 is 2.56 bits per heavy atom. The van der Waals surface area contributed by atoms with E-state index in [2.05, 4.69) is 20.4 Å². The molecule has 2 aliphatic rings. The van der Waals surface area contributed by atoms with Gasteiger partial charge in [0.15, 0.2) is 17.3 Å². The van der Waals surface area contributed by atoms with Crippen molar-refractivity contribution >= 4 is 56.9 Å². The van der Waals surface area contributed by atoms with Gasteiger partial charge in [0.25, 0.3) is 11.5 Å². The van der Waals surface area contributed by atoms with Gasteiger partial charge in [0.05, 0.1) is 35.2 Å². The van der Waals surface area contributed by atoms with Gasteiger partial charge in [0.2, 0.25) is 11.7 Å². The molecule has 7 rings (SSSR count). The van der Waals surface area contributed by atoms with Crippen LogP contribution in [0.2, 0.25) is 5.02 Å². The van der Waals surface area contributed by atoms with Crippen molar-refractivity contribution in [2.45, 2.75) is 32.5 Å². The summed E-state index contributed by atoms with van der Waals surface area (Å²) in [6, 6.07) is 9.70. The topological polar surface area (TPSA) is 147 Å². The van der Waals surface area contributed by atoms with Crippen LogP contribution in [0.1, 0.15) is 40.9 Å². The smallest absolute Gasteiger partial charge is 0.416 e. The van der Waals surface area contributed by atoms with Gasteiger partial charge >= 0.3 is 6.18 Å². The van der Waals surface area contributed by atoms with Gasteiger partial charge in [0.1, 0.15) is 12.2 Å². The lowest BCUT2D eigenvalue weighted by Gasteiger charge is -2.36. The quantitative estimate of drug-likeness (QED) is 0.241. The summed E-state index contributed by atoms with van der Waals surface area (Å²) in [6.07, 6.45) is -0.439. The largest absolute Gasteiger partial charge is 0.505 e. The number of fused-ring (bicyclic) bond motifs is 2. The molecule has 5 aromatic rings. The number of pyridine rings is 1. The minimum absolute atomic E-state index is 0.0164. The van der Waals surface area contributed by atoms with E-state index in [1.165, 1.54) is 6.20 Å². The number of aromatic nitrogens is 5. The number of carbonyl (C=O) groups excluding carboxylic acids is 2. The number of halogens is 4. The zero-order valence-electron chi connectivity index (χ0n) is 27.8. The number of ether oxygens (including phenoxy) is 1. The molecule has 0 saturated carbocycles. The molecule has 1 saturated heterocycles. The van der Waals surface area contributed by atoms with Crippen molar-refractivity contribution < 1.29 is 32.6 Å². The number of hydrogen-bond donors (Lipinski definition) is 2. The zero-order chi connectivity index (χ0) is 36.7. The third kappa shape index (κ3) is 6.54. The van der Waals surface area contributed by atoms with Crippen LogP contribution in [0.3, 0.4) is 0 Å². The fourth-order valence-electron chi connectivity index (χ4n) is 6.51. The number of anilines is 2. The summed E-state index contributed by atoms with van der Waals surface area (Å²) < 4.78 is 47.8. The first-order valence-corrected chi connectivity index (χ1v) is 16.9. The first-order valence-electron chi connectivity index (χ1n) is 16.5. The van der Waals surface area contributed by atoms with Crippen LogP contribution in [0, 0.1) is 0 Å². The predicted molar refractivity (Wildman–Crippen MR) is 187 cm³/mol. The highest BCUT2D eigenvalue weighted by Gasteiger charge is 2.32. The van der Waals surface area contributed by atoms with Crippen LogP contribution in [0.5, 0.6) is 5.75 Å². The van der Waals surface area contributed by atoms with Crippen molar-refractivity contribution in [1.82, 2.24) is 29.0 Å². The van der Waals surface area contributed by atoms with E-state index in [1.54, 1.807) is 27.7 Å². The molecule has 0 aliphatic carbocycles. The van der Waals surface area contributed by atoms with Gasteiger partial charge in [-0.25, -0.2) is 4.98 Å². The SMILES string of the molecule is CCc1c(N2CCN(C(=O)c3ncc4ccccc4c3O)CC2)c(=O)n2nc(C3=CCOCC3)nc2n1CC(=O)Nc1ccc(C(F)(F)F)cc1Cl. The van der Waals surface area contributed by atoms with Gasteiger partial charge in [-0.3, -0.25) is 14.4 Å². The molecule has 2 aromatic carbocycles. The second kappa shape index (κ2) is 13.9. The molecule has 0 spiro atoms. The molecular weight excluding hydrogens is 705 g/mol. The van der Waals surface area contributed by atoms with Crippen molar-refractivity contribution in [3.63, 3.8) is 0 Å². The Morgan fingerprint density at radius 1 is 1.10 bits per heavy atom. The molecule has 52 heavy (non-hydrogen) atoms. The Balaban J connectivity index is 1.21. The molecular formula is C35H32ClF3N8O5. The highest BCUT2D eigenvalue weighted by atomic mass is 35.5. The van der Waals surface area contributed by atoms with E-state index < -0.39 is 29.1 Å². The molecule has 17 heteroatoms. The first kappa shape index (κ1) is 34.9. The maximum atomic E-state index is 14.2. The minimum Gasteiger partial charge on any atom is -0.505 e. The summed E-state index contributed by atoms with van der Waals surface area (Å²) in [4.78, 5) is 53.5. The van der Waals surface area contributed by atoms with Gasteiger partial charge in [-0.15, -0.1) is 5.10 Å². The third-order valence-corrected chi connectivity index (χ3v) is 9.45. The second-order valence-electron chi connectivity index (χ2n) is 12.3. The number of amides is 2. The van der Waals surface area contributed by atoms with Crippen LogP contribution in [-0.4, -0.2) is 85.4 Å². The number of benzene rings is 2. The molecule has 13 nitrogen and oxygen atoms in total. The average Bonchev–Trinajstić information content (AvgIpc) is 3.60. The number of nitrogens with one attached hydrogen (secondary N) is 1. The van der Waals surface area contributed by atoms with Gasteiger partial charge in [-0.1, -0.05) is 48.9 Å². The van der Waals surface area contributed by atoms with Gasteiger partial charge in [0, 0.05) is 43.1 Å². The number of piperazine rings is 1. The normalized spacial score (nSPS) is 15.3. The third-order valence-electron chi connectivity index (χ3n) is 9.14. The van der Waals surface area contributed by atoms with E-state index in [0.29, 0.717) is 48.3 Å². The summed E-state index contributed by atoms with van der Waals surface area (Å²) in [5.41, 5.74) is 0.0138. The number of alkyl halides is 3. The summed E-state index contributed by atoms with van der Waals surface area (Å²) >= 11 is 6.12. The van der Waals surface area contributed by atoms with Crippen molar-refractivity contribution in [2.24, 2.45) is 0 Å². The maximum Gasteiger partial charge on any atom is 0.416 e. The molecule has 5 heterocycles. The Morgan fingerprint density at radius 2 is 1.87 bits per heavy atom. The van der Waals surface area contributed by atoms with E-state index in [4.69, 9.17) is 16.3 Å². The molecule has 0 bridgehead atoms. The lowest BCUT2D eigenvalue weighted by molar-refractivity contribution is -0.137. The highest BCUT2D eigenvalue weighted by Crippen LogP contribution is 2.34. The lowest BCUT2D eigenvalue weighted by atomic mass is 10.1. The molecule has 1 fully saturated rings. The number of aromatic hydroxyl groups is 1. The molecule has 2 amide bonds. The van der Waals surface area contributed by atoms with Crippen molar-refractivity contribution in [2.75, 3.05) is 49.6 Å². The Hall–Kier alpha value is -5.48. The van der Waals surface area contributed by atoms with Crippen molar-refractivity contribution in [1.29, 1.82) is 0 Å². The van der Waals surface area contributed by atoms with Crippen LogP contribution >= 0.6 is 11.6 Å². The van der Waals surface area contributed by atoms with E-state index in [9.17, 15) is 32.7 Å². The first-order chi connectivity index (χ1) is 24.9. The standard InChI is InChI=1S/C35H32ClF3N8O5/c1-2-26-29(44-11-13-45(14-12-44)32(50)28-30(49)23-6-4-3-5-21(23)18-40-28)33(51)47-34(42-31(43-47)20-9-15-52-16-10-20)46(26)19-27(48)41-25-8-7-22(17-24(25)36)35(37,38)39/h3-9,17-18,49H,2,10-16,19H2,1H3,(H,41,48). The average molecular weight is 737 g/mol. The molecule has 2 N–H and O–H groups in total. The number of carbonyl (C=O) groups is 2. The minimum atomic E-state index is -4.61. The molecule has 3 aromatic heterocycles. The fourth-order valence-corrected chi connectivity index (χ4v) is 6.74. The molecule has 2 aliphatic heterocycles. The fraction of sp³-hybridized carbons (Fsp3) is 0.314. The predicted octanol–water partition coefficient (Wildman–Crippen LogP) is 4.78. The summed E-state index contributed by atoms with van der Waals surface area (Å²) in [6.45, 7) is 3.14. The lowest BCUT2D eigenvalue weighted by Crippen LogP contribution is -2.51. The monoisotopic (exact) mass is 736 g/mol. The van der Waals surface area contributed by atoms with Crippen LogP contribution in [0.15, 0.2) is 59.5 Å². The van der Waals surface area contributed by atoms with E-state index >= 15 is 0 Å². The number of rotatable bonds is 7. The van der Waals surface area contributed by atoms with Gasteiger partial charge < -0.3 is 29.5 Å². The number of hydrogen-bond acceptors (Lipinski definition) is 9. The summed E-state index contributed by atoms with van der Waals surface area (Å²) in [5, 5.41) is 18.9. The van der Waals surface area contributed by atoms with Crippen LogP contribution < -0.4 is 15.8 Å². The maximum absolute atomic E-state index is 14.2. The van der Waals surface area contributed by atoms with Crippen molar-refractivity contribution in [3.8, 4) is 5.75 Å². The van der Waals surface area contributed by atoms with Gasteiger partial charge in [-0.05, 0) is 36.6 Å². The van der Waals surface area contributed by atoms with Crippen LogP contribution in [0.25, 0.3) is 22.1 Å². The molecule has 0 atom stereocenters. The van der Waals surface area contributed by atoms with E-state index in [0.717, 1.165) is 28.3 Å².